The zero-order chi connectivity index (χ0) is 17.2. The Kier molecular flexibility index (Phi) is 4.03. The standard InChI is InChI=1S/C19H16N4OS/c1-13-3-7-15(8-4-13)21-22-18-17(20-19-23(18)11-12-25-19)14-5-9-16(24-2)10-6-14/h3-12H,1-2H3. The molecule has 6 heteroatoms. The van der Waals surface area contributed by atoms with Crippen molar-refractivity contribution in [2.75, 3.05) is 7.11 Å². The molecule has 5 nitrogen and oxygen atoms in total. The molecule has 0 bridgehead atoms. The van der Waals surface area contributed by atoms with E-state index in [1.807, 2.05) is 64.5 Å². The van der Waals surface area contributed by atoms with Crippen molar-refractivity contribution >= 4 is 27.8 Å². The number of fused-ring (bicyclic) bond motifs is 1. The average molecular weight is 348 g/mol. The largest absolute Gasteiger partial charge is 0.497 e. The van der Waals surface area contributed by atoms with Crippen molar-refractivity contribution < 1.29 is 4.74 Å². The predicted molar refractivity (Wildman–Crippen MR) is 100 cm³/mol. The number of hydrogen-bond acceptors (Lipinski definition) is 5. The fourth-order valence-corrected chi connectivity index (χ4v) is 3.24. The fourth-order valence-electron chi connectivity index (χ4n) is 2.53. The summed E-state index contributed by atoms with van der Waals surface area (Å²) < 4.78 is 7.19. The lowest BCUT2D eigenvalue weighted by molar-refractivity contribution is 0.415. The van der Waals surface area contributed by atoms with Gasteiger partial charge in [0.2, 0.25) is 0 Å². The first-order valence-electron chi connectivity index (χ1n) is 7.83. The van der Waals surface area contributed by atoms with Crippen LogP contribution in [0.15, 0.2) is 70.3 Å². The molecular weight excluding hydrogens is 332 g/mol. The number of methoxy groups -OCH3 is 1. The Bertz CT molecular complexity index is 1030. The molecule has 0 radical (unpaired) electrons. The zero-order valence-electron chi connectivity index (χ0n) is 13.9. The van der Waals surface area contributed by atoms with Crippen LogP contribution in [0.5, 0.6) is 5.75 Å². The van der Waals surface area contributed by atoms with Crippen LogP contribution < -0.4 is 4.74 Å². The minimum atomic E-state index is 0.724. The van der Waals surface area contributed by atoms with Crippen LogP contribution in [-0.2, 0) is 0 Å². The van der Waals surface area contributed by atoms with E-state index in [0.29, 0.717) is 0 Å². The van der Waals surface area contributed by atoms with Gasteiger partial charge in [-0.3, -0.25) is 4.40 Å². The first-order valence-corrected chi connectivity index (χ1v) is 8.71. The highest BCUT2D eigenvalue weighted by Gasteiger charge is 2.15. The normalized spacial score (nSPS) is 11.4. The van der Waals surface area contributed by atoms with Gasteiger partial charge in [0.15, 0.2) is 10.8 Å². The molecule has 0 amide bonds. The Balaban J connectivity index is 1.78. The highest BCUT2D eigenvalue weighted by atomic mass is 32.1. The quantitative estimate of drug-likeness (QED) is 0.438. The van der Waals surface area contributed by atoms with Gasteiger partial charge in [0.05, 0.1) is 12.8 Å². The average Bonchev–Trinajstić information content (AvgIpc) is 3.23. The minimum absolute atomic E-state index is 0.724. The summed E-state index contributed by atoms with van der Waals surface area (Å²) in [5.74, 6) is 1.54. The topological polar surface area (TPSA) is 51.2 Å². The molecule has 124 valence electrons. The number of rotatable bonds is 4. The van der Waals surface area contributed by atoms with Gasteiger partial charge in [-0.2, -0.15) is 0 Å². The van der Waals surface area contributed by atoms with Crippen LogP contribution in [-0.4, -0.2) is 16.5 Å². The van der Waals surface area contributed by atoms with Gasteiger partial charge in [-0.25, -0.2) is 4.98 Å². The molecule has 0 fully saturated rings. The second kappa shape index (κ2) is 6.49. The molecule has 0 unspecified atom stereocenters. The molecule has 2 aromatic carbocycles. The SMILES string of the molecule is COc1ccc(-c2nc3sccn3c2N=Nc2ccc(C)cc2)cc1. The monoisotopic (exact) mass is 348 g/mol. The van der Waals surface area contributed by atoms with Crippen molar-refractivity contribution in [2.24, 2.45) is 10.2 Å². The van der Waals surface area contributed by atoms with Gasteiger partial charge in [-0.05, 0) is 43.3 Å². The first-order chi connectivity index (χ1) is 12.2. The Morgan fingerprint density at radius 3 is 2.48 bits per heavy atom. The summed E-state index contributed by atoms with van der Waals surface area (Å²) in [6.45, 7) is 2.05. The molecule has 0 aliphatic carbocycles. The Morgan fingerprint density at radius 2 is 1.76 bits per heavy atom. The van der Waals surface area contributed by atoms with E-state index in [4.69, 9.17) is 9.72 Å². The third-order valence-electron chi connectivity index (χ3n) is 3.89. The molecule has 2 aromatic heterocycles. The van der Waals surface area contributed by atoms with E-state index in [9.17, 15) is 0 Å². The highest BCUT2D eigenvalue weighted by molar-refractivity contribution is 7.15. The lowest BCUT2D eigenvalue weighted by Crippen LogP contribution is -1.83. The Hall–Kier alpha value is -2.99. The predicted octanol–water partition coefficient (Wildman–Crippen LogP) is 5.80. The highest BCUT2D eigenvalue weighted by Crippen LogP contribution is 2.34. The lowest BCUT2D eigenvalue weighted by atomic mass is 10.1. The van der Waals surface area contributed by atoms with E-state index in [1.54, 1.807) is 18.4 Å². The number of thiazole rings is 1. The van der Waals surface area contributed by atoms with Crippen molar-refractivity contribution in [1.29, 1.82) is 0 Å². The number of ether oxygens (including phenoxy) is 1. The third kappa shape index (κ3) is 3.04. The number of aromatic nitrogens is 2. The van der Waals surface area contributed by atoms with Gasteiger partial charge in [-0.15, -0.1) is 21.6 Å². The smallest absolute Gasteiger partial charge is 0.195 e. The van der Waals surface area contributed by atoms with Gasteiger partial charge < -0.3 is 4.74 Å². The molecule has 4 rings (SSSR count). The molecule has 0 atom stereocenters. The fraction of sp³-hybridized carbons (Fsp3) is 0.105. The summed E-state index contributed by atoms with van der Waals surface area (Å²) >= 11 is 1.57. The summed E-state index contributed by atoms with van der Waals surface area (Å²) in [6.07, 6.45) is 1.96. The maximum atomic E-state index is 5.23. The van der Waals surface area contributed by atoms with Crippen LogP contribution in [0, 0.1) is 6.92 Å². The van der Waals surface area contributed by atoms with Gasteiger partial charge in [0.25, 0.3) is 0 Å². The van der Waals surface area contributed by atoms with Crippen molar-refractivity contribution in [3.8, 4) is 17.0 Å². The lowest BCUT2D eigenvalue weighted by Gasteiger charge is -2.02. The van der Waals surface area contributed by atoms with Crippen molar-refractivity contribution in [1.82, 2.24) is 9.38 Å². The summed E-state index contributed by atoms with van der Waals surface area (Å²) in [4.78, 5) is 5.60. The number of nitrogens with zero attached hydrogens (tertiary/aromatic N) is 4. The number of benzene rings is 2. The van der Waals surface area contributed by atoms with Gasteiger partial charge in [-0.1, -0.05) is 17.7 Å². The molecule has 0 spiro atoms. The van der Waals surface area contributed by atoms with Crippen LogP contribution in [0.25, 0.3) is 16.2 Å². The number of hydrogen-bond donors (Lipinski definition) is 0. The summed E-state index contributed by atoms with van der Waals surface area (Å²) in [5, 5.41) is 10.9. The van der Waals surface area contributed by atoms with Crippen LogP contribution in [0.2, 0.25) is 0 Å². The molecule has 0 aliphatic heterocycles. The van der Waals surface area contributed by atoms with E-state index in [-0.39, 0.29) is 0 Å². The van der Waals surface area contributed by atoms with E-state index >= 15 is 0 Å². The zero-order valence-corrected chi connectivity index (χ0v) is 14.7. The van der Waals surface area contributed by atoms with Crippen LogP contribution in [0.1, 0.15) is 5.56 Å². The van der Waals surface area contributed by atoms with E-state index in [2.05, 4.69) is 17.2 Å². The molecule has 0 saturated heterocycles. The van der Waals surface area contributed by atoms with Gasteiger partial charge in [0.1, 0.15) is 11.4 Å². The second-order valence-corrected chi connectivity index (χ2v) is 6.48. The molecule has 25 heavy (non-hydrogen) atoms. The first kappa shape index (κ1) is 15.5. The van der Waals surface area contributed by atoms with E-state index in [0.717, 1.165) is 33.5 Å². The summed E-state index contributed by atoms with van der Waals surface area (Å²) in [7, 11) is 1.66. The number of imidazole rings is 1. The Labute approximate surface area is 149 Å². The van der Waals surface area contributed by atoms with Crippen molar-refractivity contribution in [3.05, 3.63) is 65.7 Å². The van der Waals surface area contributed by atoms with Gasteiger partial charge in [0, 0.05) is 17.1 Å². The molecular formula is C19H16N4OS. The van der Waals surface area contributed by atoms with Crippen LogP contribution in [0.3, 0.4) is 0 Å². The molecule has 2 heterocycles. The second-order valence-electron chi connectivity index (χ2n) is 5.60. The Morgan fingerprint density at radius 1 is 1.00 bits per heavy atom. The number of aryl methyl sites for hydroxylation is 1. The third-order valence-corrected chi connectivity index (χ3v) is 4.65. The summed E-state index contributed by atoms with van der Waals surface area (Å²) in [5.41, 5.74) is 3.80. The minimum Gasteiger partial charge on any atom is -0.497 e. The van der Waals surface area contributed by atoms with E-state index in [1.165, 1.54) is 5.56 Å². The van der Waals surface area contributed by atoms with Crippen molar-refractivity contribution in [3.63, 3.8) is 0 Å². The van der Waals surface area contributed by atoms with Crippen molar-refractivity contribution in [2.45, 2.75) is 6.92 Å². The van der Waals surface area contributed by atoms with E-state index < -0.39 is 0 Å². The maximum absolute atomic E-state index is 5.23. The van der Waals surface area contributed by atoms with Crippen LogP contribution in [0.4, 0.5) is 11.5 Å². The molecule has 4 aromatic rings. The van der Waals surface area contributed by atoms with Crippen LogP contribution >= 0.6 is 11.3 Å². The summed E-state index contributed by atoms with van der Waals surface area (Å²) in [6, 6.07) is 15.8. The number of azo groups is 1. The maximum Gasteiger partial charge on any atom is 0.195 e. The molecule has 0 N–H and O–H groups in total. The molecule has 0 aliphatic rings. The van der Waals surface area contributed by atoms with Gasteiger partial charge >= 0.3 is 0 Å². The molecule has 0 saturated carbocycles.